The van der Waals surface area contributed by atoms with Gasteiger partial charge >= 0.3 is 5.97 Å². The summed E-state index contributed by atoms with van der Waals surface area (Å²) in [4.78, 5) is 12.3. The lowest BCUT2D eigenvalue weighted by atomic mass is 9.98. The molecule has 2 aromatic rings. The molecular formula is C24H33NO6S. The predicted molar refractivity (Wildman–Crippen MR) is 125 cm³/mol. The number of hydrogen-bond donors (Lipinski definition) is 2. The molecule has 0 bridgehead atoms. The Balaban J connectivity index is 2.37. The minimum atomic E-state index is -3.78. The lowest BCUT2D eigenvalue weighted by Crippen LogP contribution is -2.38. The third-order valence-electron chi connectivity index (χ3n) is 5.55. The number of hydrogen-bond acceptors (Lipinski definition) is 7. The van der Waals surface area contributed by atoms with E-state index in [0.717, 1.165) is 19.3 Å². The van der Waals surface area contributed by atoms with Crippen molar-refractivity contribution in [2.45, 2.75) is 42.8 Å². The standard InChI is InChI=1S/C24H33NO6S/c1-4-5-6-9-18(17-26)23(32(28,29)20-14-12-19(30-2)13-15-20)16-25-22-11-8-7-10-21(22)24(27)31-3/h7-8,10-15,18,23,25-26H,4-6,9,16-17H2,1-3H3. The monoisotopic (exact) mass is 463 g/mol. The normalized spacial score (nSPS) is 13.2. The second kappa shape index (κ2) is 12.5. The number of nitrogens with one attached hydrogen (secondary N) is 1. The molecule has 2 atom stereocenters. The van der Waals surface area contributed by atoms with Crippen molar-refractivity contribution in [2.24, 2.45) is 5.92 Å². The van der Waals surface area contributed by atoms with Crippen LogP contribution in [0.1, 0.15) is 43.0 Å². The molecule has 0 spiro atoms. The van der Waals surface area contributed by atoms with Crippen molar-refractivity contribution in [1.82, 2.24) is 0 Å². The van der Waals surface area contributed by atoms with Crippen LogP contribution in [-0.2, 0) is 14.6 Å². The van der Waals surface area contributed by atoms with Gasteiger partial charge in [0.05, 0.1) is 29.9 Å². The van der Waals surface area contributed by atoms with E-state index in [-0.39, 0.29) is 18.0 Å². The van der Waals surface area contributed by atoms with Crippen LogP contribution in [0.15, 0.2) is 53.4 Å². The van der Waals surface area contributed by atoms with E-state index in [0.29, 0.717) is 23.4 Å². The van der Waals surface area contributed by atoms with Crippen LogP contribution in [0.2, 0.25) is 0 Å². The molecule has 0 aromatic heterocycles. The molecule has 2 aromatic carbocycles. The van der Waals surface area contributed by atoms with Gasteiger partial charge in [-0.25, -0.2) is 13.2 Å². The highest BCUT2D eigenvalue weighted by Gasteiger charge is 2.34. The van der Waals surface area contributed by atoms with Gasteiger partial charge in [0.1, 0.15) is 5.75 Å². The van der Waals surface area contributed by atoms with Gasteiger partial charge in [-0.1, -0.05) is 38.3 Å². The van der Waals surface area contributed by atoms with Gasteiger partial charge < -0.3 is 19.9 Å². The Morgan fingerprint density at radius 2 is 1.75 bits per heavy atom. The summed E-state index contributed by atoms with van der Waals surface area (Å²) in [6, 6.07) is 13.0. The van der Waals surface area contributed by atoms with E-state index in [1.807, 2.05) is 0 Å². The van der Waals surface area contributed by atoms with Crippen molar-refractivity contribution in [3.05, 3.63) is 54.1 Å². The van der Waals surface area contributed by atoms with Crippen molar-refractivity contribution >= 4 is 21.5 Å². The number of anilines is 1. The first-order valence-electron chi connectivity index (χ1n) is 10.8. The molecule has 0 saturated heterocycles. The zero-order valence-electron chi connectivity index (χ0n) is 18.9. The van der Waals surface area contributed by atoms with Crippen molar-refractivity contribution in [3.63, 3.8) is 0 Å². The van der Waals surface area contributed by atoms with Crippen LogP contribution in [0.3, 0.4) is 0 Å². The smallest absolute Gasteiger partial charge is 0.339 e. The third-order valence-corrected chi connectivity index (χ3v) is 7.83. The summed E-state index contributed by atoms with van der Waals surface area (Å²) >= 11 is 0. The van der Waals surface area contributed by atoms with Gasteiger partial charge in [-0.3, -0.25) is 0 Å². The molecule has 0 amide bonds. The van der Waals surface area contributed by atoms with Crippen molar-refractivity contribution < 1.29 is 27.8 Å². The van der Waals surface area contributed by atoms with E-state index < -0.39 is 27.0 Å². The Hall–Kier alpha value is -2.58. The number of carbonyl (C=O) groups excluding carboxylic acids is 1. The fourth-order valence-electron chi connectivity index (χ4n) is 3.66. The zero-order chi connectivity index (χ0) is 23.6. The van der Waals surface area contributed by atoms with E-state index in [4.69, 9.17) is 9.47 Å². The molecule has 0 aliphatic heterocycles. The lowest BCUT2D eigenvalue weighted by Gasteiger charge is -2.27. The molecule has 2 N–H and O–H groups in total. The average molecular weight is 464 g/mol. The minimum Gasteiger partial charge on any atom is -0.497 e. The lowest BCUT2D eigenvalue weighted by molar-refractivity contribution is 0.0601. The van der Waals surface area contributed by atoms with Crippen molar-refractivity contribution in [3.8, 4) is 5.75 Å². The maximum Gasteiger partial charge on any atom is 0.339 e. The minimum absolute atomic E-state index is 0.0414. The first-order valence-corrected chi connectivity index (χ1v) is 12.3. The van der Waals surface area contributed by atoms with Gasteiger partial charge in [-0.05, 0) is 42.8 Å². The number of ether oxygens (including phenoxy) is 2. The Bertz CT molecular complexity index is 959. The third kappa shape index (κ3) is 6.46. The highest BCUT2D eigenvalue weighted by atomic mass is 32.2. The van der Waals surface area contributed by atoms with E-state index >= 15 is 0 Å². The summed E-state index contributed by atoms with van der Waals surface area (Å²) in [5.41, 5.74) is 0.807. The fraction of sp³-hybridized carbons (Fsp3) is 0.458. The van der Waals surface area contributed by atoms with Crippen molar-refractivity contribution in [1.29, 1.82) is 0 Å². The Labute approximate surface area is 190 Å². The first kappa shape index (κ1) is 25.7. The van der Waals surface area contributed by atoms with Gasteiger partial charge in [0.15, 0.2) is 9.84 Å². The Morgan fingerprint density at radius 3 is 2.34 bits per heavy atom. The van der Waals surface area contributed by atoms with Gasteiger partial charge in [0, 0.05) is 24.8 Å². The van der Waals surface area contributed by atoms with Crippen LogP contribution in [0.25, 0.3) is 0 Å². The van der Waals surface area contributed by atoms with Gasteiger partial charge in [0.2, 0.25) is 0 Å². The van der Waals surface area contributed by atoms with Crippen LogP contribution >= 0.6 is 0 Å². The maximum atomic E-state index is 13.6. The highest BCUT2D eigenvalue weighted by Crippen LogP contribution is 2.28. The van der Waals surface area contributed by atoms with Crippen LogP contribution < -0.4 is 10.1 Å². The van der Waals surface area contributed by atoms with Crippen LogP contribution in [0.5, 0.6) is 5.75 Å². The number of aliphatic hydroxyl groups is 1. The fourth-order valence-corrected chi connectivity index (χ4v) is 5.55. The molecule has 176 valence electrons. The number of esters is 1. The van der Waals surface area contributed by atoms with Crippen LogP contribution in [-0.4, -0.2) is 52.1 Å². The topological polar surface area (TPSA) is 102 Å². The number of methoxy groups -OCH3 is 2. The Morgan fingerprint density at radius 1 is 1.06 bits per heavy atom. The number of unbranched alkanes of at least 4 members (excludes halogenated alkanes) is 2. The number of sulfone groups is 1. The number of benzene rings is 2. The number of rotatable bonds is 13. The van der Waals surface area contributed by atoms with E-state index in [1.54, 1.807) is 36.4 Å². The van der Waals surface area contributed by atoms with Crippen LogP contribution in [0.4, 0.5) is 5.69 Å². The average Bonchev–Trinajstić information content (AvgIpc) is 2.82. The second-order valence-corrected chi connectivity index (χ2v) is 9.78. The molecule has 8 heteroatoms. The largest absolute Gasteiger partial charge is 0.497 e. The number of carbonyl (C=O) groups is 1. The molecule has 7 nitrogen and oxygen atoms in total. The molecule has 0 aliphatic rings. The molecule has 0 fully saturated rings. The summed E-state index contributed by atoms with van der Waals surface area (Å²) in [5.74, 6) is -0.400. The summed E-state index contributed by atoms with van der Waals surface area (Å²) in [7, 11) is -0.962. The molecule has 32 heavy (non-hydrogen) atoms. The summed E-state index contributed by atoms with van der Waals surface area (Å²) in [5, 5.41) is 12.3. The summed E-state index contributed by atoms with van der Waals surface area (Å²) in [6.07, 6.45) is 3.38. The summed E-state index contributed by atoms with van der Waals surface area (Å²) < 4.78 is 37.1. The number of para-hydroxylation sites is 1. The van der Waals surface area contributed by atoms with E-state index in [9.17, 15) is 18.3 Å². The second-order valence-electron chi connectivity index (χ2n) is 7.62. The van der Waals surface area contributed by atoms with Gasteiger partial charge in [-0.2, -0.15) is 0 Å². The Kier molecular flexibility index (Phi) is 9.99. The molecule has 2 unspecified atom stereocenters. The number of aliphatic hydroxyl groups excluding tert-OH is 1. The van der Waals surface area contributed by atoms with Crippen molar-refractivity contribution in [2.75, 3.05) is 32.7 Å². The van der Waals surface area contributed by atoms with E-state index in [2.05, 4.69) is 12.2 Å². The maximum absolute atomic E-state index is 13.6. The van der Waals surface area contributed by atoms with E-state index in [1.165, 1.54) is 26.4 Å². The molecule has 0 aliphatic carbocycles. The summed E-state index contributed by atoms with van der Waals surface area (Å²) in [6.45, 7) is 1.87. The first-order chi connectivity index (χ1) is 15.4. The van der Waals surface area contributed by atoms with Crippen LogP contribution in [0, 0.1) is 5.92 Å². The molecule has 0 heterocycles. The SMILES string of the molecule is CCCCCC(CO)C(CNc1ccccc1C(=O)OC)S(=O)(=O)c1ccc(OC)cc1. The van der Waals surface area contributed by atoms with Gasteiger partial charge in [0.25, 0.3) is 0 Å². The predicted octanol–water partition coefficient (Wildman–Crippen LogP) is 3.93. The quantitative estimate of drug-likeness (QED) is 0.343. The molecule has 0 radical (unpaired) electrons. The zero-order valence-corrected chi connectivity index (χ0v) is 19.7. The molecular weight excluding hydrogens is 430 g/mol. The highest BCUT2D eigenvalue weighted by molar-refractivity contribution is 7.92. The van der Waals surface area contributed by atoms with Gasteiger partial charge in [-0.15, -0.1) is 0 Å². The molecule has 0 saturated carbocycles. The molecule has 2 rings (SSSR count).